The Hall–Kier alpha value is -2.09. The van der Waals surface area contributed by atoms with Gasteiger partial charge in [0.15, 0.2) is 5.69 Å². The summed E-state index contributed by atoms with van der Waals surface area (Å²) in [5.41, 5.74) is -0.239. The van der Waals surface area contributed by atoms with E-state index in [0.717, 1.165) is 12.1 Å². The van der Waals surface area contributed by atoms with Gasteiger partial charge < -0.3 is 14.4 Å². The second-order valence-corrected chi connectivity index (χ2v) is 7.86. The van der Waals surface area contributed by atoms with Crippen LogP contribution in [0.25, 0.3) is 0 Å². The summed E-state index contributed by atoms with van der Waals surface area (Å²) in [7, 11) is 0. The first-order valence-electron chi connectivity index (χ1n) is 9.15. The Morgan fingerprint density at radius 2 is 2.11 bits per heavy atom. The minimum absolute atomic E-state index is 0.253. The van der Waals surface area contributed by atoms with Crippen molar-refractivity contribution in [3.63, 3.8) is 0 Å². The van der Waals surface area contributed by atoms with Gasteiger partial charge in [-0.25, -0.2) is 13.8 Å². The largest absolute Gasteiger partial charge is 0.432 e. The zero-order valence-electron chi connectivity index (χ0n) is 16.0. The van der Waals surface area contributed by atoms with E-state index in [0.29, 0.717) is 24.8 Å². The SMILES string of the molecule is CC1CC=NC2=C(CCN(C(=O)c3oc(C(C)(C)O)nc3C(F)F)C2)[C@H]1C. The average molecular weight is 381 g/mol. The Balaban J connectivity index is 1.90. The highest BCUT2D eigenvalue weighted by Gasteiger charge is 2.36. The van der Waals surface area contributed by atoms with Crippen LogP contribution in [0.4, 0.5) is 8.78 Å². The molecule has 6 nitrogen and oxygen atoms in total. The molecule has 0 saturated heterocycles. The van der Waals surface area contributed by atoms with E-state index >= 15 is 0 Å². The second kappa shape index (κ2) is 7.14. The lowest BCUT2D eigenvalue weighted by atomic mass is 9.83. The molecule has 2 aliphatic rings. The minimum atomic E-state index is -2.97. The summed E-state index contributed by atoms with van der Waals surface area (Å²) in [6.07, 6.45) is 0.415. The Labute approximate surface area is 157 Å². The molecule has 0 radical (unpaired) electrons. The number of hydrogen-bond donors (Lipinski definition) is 1. The second-order valence-electron chi connectivity index (χ2n) is 7.86. The van der Waals surface area contributed by atoms with Crippen LogP contribution in [0.1, 0.15) is 69.1 Å². The molecule has 0 aliphatic carbocycles. The fourth-order valence-corrected chi connectivity index (χ4v) is 3.46. The molecule has 1 aromatic heterocycles. The van der Waals surface area contributed by atoms with Crippen molar-refractivity contribution >= 4 is 12.1 Å². The molecule has 148 valence electrons. The van der Waals surface area contributed by atoms with Crippen LogP contribution in [0.3, 0.4) is 0 Å². The number of hydrogen-bond acceptors (Lipinski definition) is 5. The van der Waals surface area contributed by atoms with Crippen LogP contribution in [-0.2, 0) is 5.60 Å². The normalized spacial score (nSPS) is 23.6. The number of nitrogens with zero attached hydrogens (tertiary/aromatic N) is 3. The number of alkyl halides is 2. The van der Waals surface area contributed by atoms with Gasteiger partial charge in [-0.1, -0.05) is 13.8 Å². The van der Waals surface area contributed by atoms with Crippen LogP contribution >= 0.6 is 0 Å². The lowest BCUT2D eigenvalue weighted by Crippen LogP contribution is -2.38. The first-order chi connectivity index (χ1) is 12.6. The van der Waals surface area contributed by atoms with Gasteiger partial charge in [0.25, 0.3) is 12.3 Å². The van der Waals surface area contributed by atoms with Gasteiger partial charge in [0, 0.05) is 12.8 Å². The van der Waals surface area contributed by atoms with Gasteiger partial charge in [-0.3, -0.25) is 9.79 Å². The van der Waals surface area contributed by atoms with Crippen LogP contribution in [0.2, 0.25) is 0 Å². The topological polar surface area (TPSA) is 78.9 Å². The Morgan fingerprint density at radius 1 is 1.41 bits per heavy atom. The zero-order chi connectivity index (χ0) is 19.9. The lowest BCUT2D eigenvalue weighted by Gasteiger charge is -2.31. The molecule has 1 amide bonds. The van der Waals surface area contributed by atoms with Crippen molar-refractivity contribution < 1.29 is 23.1 Å². The molecular formula is C19H25F2N3O3. The highest BCUT2D eigenvalue weighted by Crippen LogP contribution is 2.35. The number of carbonyl (C=O) groups is 1. The summed E-state index contributed by atoms with van der Waals surface area (Å²) >= 11 is 0. The van der Waals surface area contributed by atoms with Crippen molar-refractivity contribution in [2.75, 3.05) is 13.1 Å². The number of oxazole rings is 1. The summed E-state index contributed by atoms with van der Waals surface area (Å²) in [6, 6.07) is 0. The van der Waals surface area contributed by atoms with E-state index < -0.39 is 29.4 Å². The fourth-order valence-electron chi connectivity index (χ4n) is 3.46. The summed E-state index contributed by atoms with van der Waals surface area (Å²) in [5.74, 6) is -0.626. The van der Waals surface area contributed by atoms with Crippen molar-refractivity contribution in [3.05, 3.63) is 28.6 Å². The molecular weight excluding hydrogens is 356 g/mol. The average Bonchev–Trinajstić information content (AvgIpc) is 3.01. The number of rotatable bonds is 3. The predicted molar refractivity (Wildman–Crippen MR) is 95.7 cm³/mol. The molecule has 0 spiro atoms. The quantitative estimate of drug-likeness (QED) is 0.866. The fraction of sp³-hybridized carbons (Fsp3) is 0.632. The van der Waals surface area contributed by atoms with Crippen LogP contribution in [0.15, 0.2) is 20.7 Å². The van der Waals surface area contributed by atoms with Crippen molar-refractivity contribution in [3.8, 4) is 0 Å². The molecule has 1 N–H and O–H groups in total. The molecule has 8 heteroatoms. The maximum atomic E-state index is 13.4. The van der Waals surface area contributed by atoms with Gasteiger partial charge >= 0.3 is 0 Å². The lowest BCUT2D eigenvalue weighted by molar-refractivity contribution is 0.0451. The number of carbonyl (C=O) groups excluding carboxylic acids is 1. The van der Waals surface area contributed by atoms with E-state index in [4.69, 9.17) is 4.42 Å². The standard InChI is InChI=1S/C19H25F2N3O3/c1-10-5-7-22-13-9-24(8-6-12(13)11(10)2)17(25)15-14(16(20)21)23-18(27-15)19(3,4)26/h7,10-11,16,26H,5-6,8-9H2,1-4H3/t10?,11-/m0/s1. The molecule has 0 aromatic carbocycles. The Morgan fingerprint density at radius 3 is 2.74 bits per heavy atom. The van der Waals surface area contributed by atoms with Crippen LogP contribution in [-0.4, -0.2) is 40.2 Å². The third-order valence-electron chi connectivity index (χ3n) is 5.35. The van der Waals surface area contributed by atoms with Crippen LogP contribution < -0.4 is 0 Å². The van der Waals surface area contributed by atoms with Gasteiger partial charge in [0.2, 0.25) is 11.7 Å². The van der Waals surface area contributed by atoms with E-state index in [9.17, 15) is 18.7 Å². The predicted octanol–water partition coefficient (Wildman–Crippen LogP) is 3.69. The molecule has 0 bridgehead atoms. The number of amides is 1. The van der Waals surface area contributed by atoms with Gasteiger partial charge in [0.1, 0.15) is 5.60 Å². The number of aliphatic hydroxyl groups is 1. The maximum absolute atomic E-state index is 13.4. The summed E-state index contributed by atoms with van der Waals surface area (Å²) in [6.45, 7) is 7.72. The zero-order valence-corrected chi connectivity index (χ0v) is 16.0. The first kappa shape index (κ1) is 19.7. The van der Waals surface area contributed by atoms with Gasteiger partial charge in [-0.05, 0) is 44.1 Å². The number of halogens is 2. The molecule has 3 heterocycles. The van der Waals surface area contributed by atoms with E-state index in [1.54, 1.807) is 0 Å². The molecule has 1 unspecified atom stereocenters. The Kier molecular flexibility index (Phi) is 5.20. The molecule has 27 heavy (non-hydrogen) atoms. The molecule has 2 aliphatic heterocycles. The van der Waals surface area contributed by atoms with Crippen molar-refractivity contribution in [1.29, 1.82) is 0 Å². The van der Waals surface area contributed by atoms with Crippen LogP contribution in [0.5, 0.6) is 0 Å². The summed E-state index contributed by atoms with van der Waals surface area (Å²) in [4.78, 5) is 22.5. The molecule has 1 aromatic rings. The smallest absolute Gasteiger partial charge is 0.292 e. The third-order valence-corrected chi connectivity index (χ3v) is 5.35. The van der Waals surface area contributed by atoms with Crippen molar-refractivity contribution in [1.82, 2.24) is 9.88 Å². The molecule has 0 fully saturated rings. The van der Waals surface area contributed by atoms with Crippen molar-refractivity contribution in [2.24, 2.45) is 16.8 Å². The first-order valence-corrected chi connectivity index (χ1v) is 9.15. The van der Waals surface area contributed by atoms with E-state index in [-0.39, 0.29) is 12.4 Å². The molecule has 0 saturated carbocycles. The molecule has 3 rings (SSSR count). The highest BCUT2D eigenvalue weighted by atomic mass is 19.3. The summed E-state index contributed by atoms with van der Waals surface area (Å²) < 4.78 is 32.0. The van der Waals surface area contributed by atoms with E-state index in [2.05, 4.69) is 23.8 Å². The van der Waals surface area contributed by atoms with E-state index in [1.165, 1.54) is 24.3 Å². The number of aromatic nitrogens is 1. The monoisotopic (exact) mass is 381 g/mol. The maximum Gasteiger partial charge on any atom is 0.292 e. The van der Waals surface area contributed by atoms with Gasteiger partial charge in [0.05, 0.1) is 12.2 Å². The highest BCUT2D eigenvalue weighted by molar-refractivity contribution is 5.93. The van der Waals surface area contributed by atoms with Gasteiger partial charge in [-0.15, -0.1) is 0 Å². The van der Waals surface area contributed by atoms with E-state index in [1.807, 2.05) is 6.21 Å². The minimum Gasteiger partial charge on any atom is -0.432 e. The third kappa shape index (κ3) is 3.81. The van der Waals surface area contributed by atoms with Crippen LogP contribution in [0, 0.1) is 11.8 Å². The summed E-state index contributed by atoms with van der Waals surface area (Å²) in [5, 5.41) is 9.99. The molecule has 2 atom stereocenters. The van der Waals surface area contributed by atoms with Crippen molar-refractivity contribution in [2.45, 2.75) is 52.6 Å². The number of aliphatic imine (C=N–C) groups is 1. The van der Waals surface area contributed by atoms with Gasteiger partial charge in [-0.2, -0.15) is 0 Å². The Bertz CT molecular complexity index is 793.